The molecule has 0 amide bonds. The van der Waals surface area contributed by atoms with Crippen molar-refractivity contribution in [1.29, 1.82) is 0 Å². The maximum Gasteiger partial charge on any atom is 0.507 e. The van der Waals surface area contributed by atoms with Gasteiger partial charge in [-0.2, -0.15) is 0 Å². The molecular formula is C30H60O3. The Morgan fingerprint density at radius 3 is 0.909 bits per heavy atom. The van der Waals surface area contributed by atoms with Gasteiger partial charge in [-0.05, 0) is 6.42 Å². The van der Waals surface area contributed by atoms with Crippen LogP contribution in [0.3, 0.4) is 0 Å². The first-order valence-corrected chi connectivity index (χ1v) is 15.0. The fourth-order valence-corrected chi connectivity index (χ4v) is 4.63. The predicted molar refractivity (Wildman–Crippen MR) is 144 cm³/mol. The maximum atomic E-state index is 10.8. The van der Waals surface area contributed by atoms with Gasteiger partial charge >= 0.3 is 6.16 Å². The first-order valence-electron chi connectivity index (χ1n) is 15.0. The molecule has 33 heavy (non-hydrogen) atoms. The zero-order valence-electron chi connectivity index (χ0n) is 22.8. The molecule has 0 aliphatic rings. The second-order valence-electron chi connectivity index (χ2n) is 10.1. The summed E-state index contributed by atoms with van der Waals surface area (Å²) >= 11 is 0. The van der Waals surface area contributed by atoms with Crippen molar-refractivity contribution in [3.8, 4) is 0 Å². The number of unbranched alkanes of at least 4 members (excludes halogenated alkanes) is 25. The lowest BCUT2D eigenvalue weighted by Crippen LogP contribution is -2.05. The van der Waals surface area contributed by atoms with Gasteiger partial charge in [0.15, 0.2) is 0 Å². The fourth-order valence-electron chi connectivity index (χ4n) is 4.63. The molecule has 0 bridgehead atoms. The molecule has 0 heterocycles. The quantitative estimate of drug-likeness (QED) is 0.0888. The molecular weight excluding hydrogens is 408 g/mol. The van der Waals surface area contributed by atoms with Crippen molar-refractivity contribution in [2.75, 3.05) is 13.7 Å². The lowest BCUT2D eigenvalue weighted by Gasteiger charge is -2.05. The van der Waals surface area contributed by atoms with Crippen LogP contribution < -0.4 is 0 Å². The Bertz CT molecular complexity index is 370. The van der Waals surface area contributed by atoms with Crippen LogP contribution in [0.2, 0.25) is 0 Å². The Hall–Kier alpha value is -0.730. The molecule has 0 spiro atoms. The number of methoxy groups -OCH3 is 1. The molecule has 0 N–H and O–H groups in total. The molecule has 0 unspecified atom stereocenters. The van der Waals surface area contributed by atoms with E-state index in [4.69, 9.17) is 4.74 Å². The van der Waals surface area contributed by atoms with Gasteiger partial charge in [0.1, 0.15) is 0 Å². The highest BCUT2D eigenvalue weighted by Crippen LogP contribution is 2.16. The van der Waals surface area contributed by atoms with Crippen LogP contribution in [-0.2, 0) is 9.47 Å². The number of rotatable bonds is 27. The van der Waals surface area contributed by atoms with Gasteiger partial charge in [0, 0.05) is 0 Å². The molecule has 0 fully saturated rings. The third-order valence-corrected chi connectivity index (χ3v) is 6.88. The largest absolute Gasteiger partial charge is 0.507 e. The van der Waals surface area contributed by atoms with Crippen molar-refractivity contribution in [2.45, 2.75) is 174 Å². The summed E-state index contributed by atoms with van der Waals surface area (Å²) in [5, 5.41) is 0. The number of carbonyl (C=O) groups is 1. The molecule has 0 saturated heterocycles. The van der Waals surface area contributed by atoms with Crippen LogP contribution in [0.15, 0.2) is 0 Å². The number of carbonyl (C=O) groups excluding carboxylic acids is 1. The normalized spacial score (nSPS) is 11.1. The summed E-state index contributed by atoms with van der Waals surface area (Å²) in [5.74, 6) is 0. The molecule has 0 aromatic heterocycles. The monoisotopic (exact) mass is 468 g/mol. The molecule has 0 aliphatic carbocycles. The van der Waals surface area contributed by atoms with Crippen LogP contribution in [0.25, 0.3) is 0 Å². The van der Waals surface area contributed by atoms with E-state index in [1.807, 2.05) is 0 Å². The summed E-state index contributed by atoms with van der Waals surface area (Å²) in [7, 11) is 1.35. The van der Waals surface area contributed by atoms with Gasteiger partial charge in [0.2, 0.25) is 0 Å². The summed E-state index contributed by atoms with van der Waals surface area (Å²) in [4.78, 5) is 10.8. The van der Waals surface area contributed by atoms with E-state index in [1.54, 1.807) is 0 Å². The third kappa shape index (κ3) is 29.2. The second kappa shape index (κ2) is 29.3. The Balaban J connectivity index is 3.02. The van der Waals surface area contributed by atoms with E-state index in [0.29, 0.717) is 6.61 Å². The molecule has 0 rings (SSSR count). The molecule has 0 aliphatic heterocycles. The van der Waals surface area contributed by atoms with E-state index < -0.39 is 6.16 Å². The molecule has 3 nitrogen and oxygen atoms in total. The van der Waals surface area contributed by atoms with Gasteiger partial charge < -0.3 is 9.47 Å². The SMILES string of the molecule is CCCCCCCCCCCCCCCCCCCCCCCCCCCCOC(=O)OC. The number of hydrogen-bond acceptors (Lipinski definition) is 3. The predicted octanol–water partition coefficient (Wildman–Crippen LogP) is 10.9. The summed E-state index contributed by atoms with van der Waals surface area (Å²) in [6.45, 7) is 2.79. The van der Waals surface area contributed by atoms with Gasteiger partial charge in [-0.1, -0.05) is 167 Å². The van der Waals surface area contributed by atoms with Crippen LogP contribution in [0.4, 0.5) is 4.79 Å². The lowest BCUT2D eigenvalue weighted by atomic mass is 10.0. The van der Waals surface area contributed by atoms with Gasteiger partial charge in [0.05, 0.1) is 13.7 Å². The Kier molecular flexibility index (Phi) is 28.7. The van der Waals surface area contributed by atoms with E-state index >= 15 is 0 Å². The van der Waals surface area contributed by atoms with Crippen molar-refractivity contribution in [3.63, 3.8) is 0 Å². The summed E-state index contributed by atoms with van der Waals surface area (Å²) < 4.78 is 9.33. The molecule has 0 aromatic rings. The van der Waals surface area contributed by atoms with Gasteiger partial charge in [-0.3, -0.25) is 0 Å². The van der Waals surface area contributed by atoms with Crippen LogP contribution in [0, 0.1) is 0 Å². The average Bonchev–Trinajstić information content (AvgIpc) is 2.83. The minimum Gasteiger partial charge on any atom is -0.438 e. The highest BCUT2D eigenvalue weighted by atomic mass is 16.7. The molecule has 0 radical (unpaired) electrons. The smallest absolute Gasteiger partial charge is 0.438 e. The minimum atomic E-state index is -0.561. The number of ether oxygens (including phenoxy) is 2. The van der Waals surface area contributed by atoms with Gasteiger partial charge in [-0.25, -0.2) is 4.79 Å². The number of hydrogen-bond donors (Lipinski definition) is 0. The minimum absolute atomic E-state index is 0.492. The lowest BCUT2D eigenvalue weighted by molar-refractivity contribution is 0.0713. The van der Waals surface area contributed by atoms with Crippen LogP contribution >= 0.6 is 0 Å². The summed E-state index contributed by atoms with van der Waals surface area (Å²) in [6, 6.07) is 0. The van der Waals surface area contributed by atoms with E-state index in [-0.39, 0.29) is 0 Å². The Labute approximate surface area is 208 Å². The van der Waals surface area contributed by atoms with E-state index in [2.05, 4.69) is 11.7 Å². The highest BCUT2D eigenvalue weighted by Gasteiger charge is 1.99. The van der Waals surface area contributed by atoms with Crippen molar-refractivity contribution < 1.29 is 14.3 Å². The fraction of sp³-hybridized carbons (Fsp3) is 0.967. The van der Waals surface area contributed by atoms with Crippen LogP contribution in [0.1, 0.15) is 174 Å². The Morgan fingerprint density at radius 2 is 0.667 bits per heavy atom. The summed E-state index contributed by atoms with van der Waals surface area (Å²) in [5.41, 5.74) is 0. The van der Waals surface area contributed by atoms with Crippen LogP contribution in [-0.4, -0.2) is 19.9 Å². The van der Waals surface area contributed by atoms with Crippen molar-refractivity contribution in [2.24, 2.45) is 0 Å². The van der Waals surface area contributed by atoms with Crippen molar-refractivity contribution in [3.05, 3.63) is 0 Å². The van der Waals surface area contributed by atoms with Crippen molar-refractivity contribution in [1.82, 2.24) is 0 Å². The highest BCUT2D eigenvalue weighted by molar-refractivity contribution is 5.59. The van der Waals surface area contributed by atoms with Crippen molar-refractivity contribution >= 4 is 6.16 Å². The van der Waals surface area contributed by atoms with Crippen LogP contribution in [0.5, 0.6) is 0 Å². The molecule has 0 saturated carbocycles. The first-order chi connectivity index (χ1) is 16.3. The Morgan fingerprint density at radius 1 is 0.424 bits per heavy atom. The zero-order valence-corrected chi connectivity index (χ0v) is 22.8. The second-order valence-corrected chi connectivity index (χ2v) is 10.1. The summed E-state index contributed by atoms with van der Waals surface area (Å²) in [6.07, 6.45) is 35.9. The molecule has 0 aromatic carbocycles. The zero-order chi connectivity index (χ0) is 24.1. The average molecular weight is 469 g/mol. The topological polar surface area (TPSA) is 35.5 Å². The van der Waals surface area contributed by atoms with E-state index in [1.165, 1.54) is 161 Å². The van der Waals surface area contributed by atoms with E-state index in [0.717, 1.165) is 12.8 Å². The molecule has 0 atom stereocenters. The first kappa shape index (κ1) is 32.3. The standard InChI is InChI=1S/C30H60O3/c1-3-4-5-6-7-8-9-10-11-12-13-14-15-16-17-18-19-20-21-22-23-24-25-26-27-28-29-33-30(31)32-2/h3-29H2,1-2H3. The third-order valence-electron chi connectivity index (χ3n) is 6.88. The molecule has 198 valence electrons. The van der Waals surface area contributed by atoms with Gasteiger partial charge in [0.25, 0.3) is 0 Å². The maximum absolute atomic E-state index is 10.8. The van der Waals surface area contributed by atoms with E-state index in [9.17, 15) is 4.79 Å². The van der Waals surface area contributed by atoms with Gasteiger partial charge in [-0.15, -0.1) is 0 Å². The molecule has 3 heteroatoms.